The van der Waals surface area contributed by atoms with Crippen molar-refractivity contribution >= 4 is 23.2 Å². The van der Waals surface area contributed by atoms with Gasteiger partial charge in [0.2, 0.25) is 0 Å². The van der Waals surface area contributed by atoms with Crippen molar-refractivity contribution in [3.05, 3.63) is 63.9 Å². The first kappa shape index (κ1) is 13.3. The second kappa shape index (κ2) is 6.19. The molecule has 18 heavy (non-hydrogen) atoms. The Morgan fingerprint density at radius 1 is 1.22 bits per heavy atom. The maximum Gasteiger partial charge on any atom is 0.0541 e. The molecule has 0 aliphatic rings. The zero-order valence-electron chi connectivity index (χ0n) is 10.0. The van der Waals surface area contributed by atoms with E-state index in [0.29, 0.717) is 16.6 Å². The molecule has 4 heteroatoms. The predicted octanol–water partition coefficient (Wildman–Crippen LogP) is 4.24. The molecule has 1 aromatic carbocycles. The number of nitrogens with zero attached hydrogens (tertiary/aromatic N) is 1. The van der Waals surface area contributed by atoms with E-state index in [9.17, 15) is 0 Å². The van der Waals surface area contributed by atoms with Gasteiger partial charge in [-0.1, -0.05) is 35.3 Å². The number of aromatic nitrogens is 1. The minimum absolute atomic E-state index is 0.150. The number of rotatable bonds is 4. The van der Waals surface area contributed by atoms with Gasteiger partial charge in [-0.25, -0.2) is 0 Å². The van der Waals surface area contributed by atoms with Gasteiger partial charge in [0.25, 0.3) is 0 Å². The van der Waals surface area contributed by atoms with Gasteiger partial charge < -0.3 is 5.32 Å². The van der Waals surface area contributed by atoms with E-state index in [1.807, 2.05) is 30.3 Å². The van der Waals surface area contributed by atoms with Crippen LogP contribution in [0.5, 0.6) is 0 Å². The summed E-state index contributed by atoms with van der Waals surface area (Å²) in [6.07, 6.45) is 1.79. The molecule has 0 fully saturated rings. The molecule has 0 spiro atoms. The molecular weight excluding hydrogens is 267 g/mol. The fourth-order valence-corrected chi connectivity index (χ4v) is 2.30. The molecular formula is C14H14Cl2N2. The van der Waals surface area contributed by atoms with Crippen molar-refractivity contribution in [3.8, 4) is 0 Å². The van der Waals surface area contributed by atoms with E-state index in [0.717, 1.165) is 11.3 Å². The molecule has 1 aromatic heterocycles. The highest BCUT2D eigenvalue weighted by atomic mass is 35.5. The Hall–Kier alpha value is -1.09. The molecule has 0 saturated carbocycles. The Labute approximate surface area is 117 Å². The first-order valence-electron chi connectivity index (χ1n) is 5.75. The smallest absolute Gasteiger partial charge is 0.0541 e. The van der Waals surface area contributed by atoms with Crippen LogP contribution in [0.4, 0.5) is 0 Å². The molecule has 0 saturated heterocycles. The van der Waals surface area contributed by atoms with E-state index < -0.39 is 0 Å². The van der Waals surface area contributed by atoms with Crippen LogP contribution in [0.3, 0.4) is 0 Å². The zero-order valence-corrected chi connectivity index (χ0v) is 11.5. The van der Waals surface area contributed by atoms with Gasteiger partial charge in [-0.2, -0.15) is 0 Å². The monoisotopic (exact) mass is 280 g/mol. The van der Waals surface area contributed by atoms with E-state index in [1.165, 1.54) is 0 Å². The number of hydrogen-bond donors (Lipinski definition) is 1. The summed E-state index contributed by atoms with van der Waals surface area (Å²) >= 11 is 12.0. The second-order valence-corrected chi connectivity index (χ2v) is 4.93. The quantitative estimate of drug-likeness (QED) is 0.906. The van der Waals surface area contributed by atoms with E-state index in [-0.39, 0.29) is 6.04 Å². The van der Waals surface area contributed by atoms with Gasteiger partial charge in [0, 0.05) is 28.8 Å². The Kier molecular flexibility index (Phi) is 4.59. The summed E-state index contributed by atoms with van der Waals surface area (Å²) in [4.78, 5) is 4.26. The minimum Gasteiger partial charge on any atom is -0.305 e. The maximum absolute atomic E-state index is 6.17. The minimum atomic E-state index is 0.150. The van der Waals surface area contributed by atoms with E-state index in [2.05, 4.69) is 17.2 Å². The van der Waals surface area contributed by atoms with Crippen LogP contribution < -0.4 is 5.32 Å². The van der Waals surface area contributed by atoms with Crippen molar-refractivity contribution in [1.29, 1.82) is 0 Å². The molecule has 0 aliphatic carbocycles. The van der Waals surface area contributed by atoms with Gasteiger partial charge >= 0.3 is 0 Å². The average Bonchev–Trinajstić information content (AvgIpc) is 2.37. The first-order chi connectivity index (χ1) is 8.66. The lowest BCUT2D eigenvalue weighted by molar-refractivity contribution is 0.568. The average molecular weight is 281 g/mol. The summed E-state index contributed by atoms with van der Waals surface area (Å²) in [5, 5.41) is 4.72. The van der Waals surface area contributed by atoms with Crippen LogP contribution in [0.25, 0.3) is 0 Å². The van der Waals surface area contributed by atoms with Crippen LogP contribution in [0, 0.1) is 0 Å². The normalized spacial score (nSPS) is 12.4. The van der Waals surface area contributed by atoms with Gasteiger partial charge in [-0.3, -0.25) is 4.98 Å². The summed E-state index contributed by atoms with van der Waals surface area (Å²) in [6.45, 7) is 2.78. The van der Waals surface area contributed by atoms with Gasteiger partial charge in [-0.05, 0) is 36.8 Å². The lowest BCUT2D eigenvalue weighted by Crippen LogP contribution is -2.19. The fourth-order valence-electron chi connectivity index (χ4n) is 1.72. The number of pyridine rings is 1. The molecule has 94 valence electrons. The largest absolute Gasteiger partial charge is 0.305 e. The van der Waals surface area contributed by atoms with Crippen LogP contribution in [0.2, 0.25) is 10.0 Å². The summed E-state index contributed by atoms with van der Waals surface area (Å²) in [5.41, 5.74) is 2.05. The molecule has 2 nitrogen and oxygen atoms in total. The Bertz CT molecular complexity index is 514. The molecule has 0 unspecified atom stereocenters. The van der Waals surface area contributed by atoms with E-state index in [4.69, 9.17) is 23.2 Å². The highest BCUT2D eigenvalue weighted by Gasteiger charge is 2.09. The Morgan fingerprint density at radius 3 is 2.72 bits per heavy atom. The Morgan fingerprint density at radius 2 is 2.06 bits per heavy atom. The van der Waals surface area contributed by atoms with Gasteiger partial charge in [0.1, 0.15) is 0 Å². The standard InChI is InChI=1S/C14H14Cl2N2/c1-10(13-6-5-11(15)8-14(13)16)18-9-12-4-2-3-7-17-12/h2-8,10,18H,9H2,1H3/t10-/m0/s1. The third kappa shape index (κ3) is 3.45. The number of benzene rings is 1. The summed E-state index contributed by atoms with van der Waals surface area (Å²) in [5.74, 6) is 0. The van der Waals surface area contributed by atoms with E-state index in [1.54, 1.807) is 12.3 Å². The van der Waals surface area contributed by atoms with Crippen molar-refractivity contribution in [2.24, 2.45) is 0 Å². The van der Waals surface area contributed by atoms with Gasteiger partial charge in [0.05, 0.1) is 5.69 Å². The van der Waals surface area contributed by atoms with Crippen molar-refractivity contribution in [2.75, 3.05) is 0 Å². The molecule has 0 radical (unpaired) electrons. The lowest BCUT2D eigenvalue weighted by atomic mass is 10.1. The van der Waals surface area contributed by atoms with Crippen LogP contribution in [0.1, 0.15) is 24.2 Å². The lowest BCUT2D eigenvalue weighted by Gasteiger charge is -2.15. The van der Waals surface area contributed by atoms with E-state index >= 15 is 0 Å². The molecule has 0 aliphatic heterocycles. The molecule has 1 atom stereocenters. The third-order valence-electron chi connectivity index (χ3n) is 2.74. The highest BCUT2D eigenvalue weighted by molar-refractivity contribution is 6.35. The molecule has 2 rings (SSSR count). The highest BCUT2D eigenvalue weighted by Crippen LogP contribution is 2.26. The van der Waals surface area contributed by atoms with Crippen LogP contribution in [-0.2, 0) is 6.54 Å². The number of hydrogen-bond acceptors (Lipinski definition) is 2. The van der Waals surface area contributed by atoms with Crippen molar-refractivity contribution < 1.29 is 0 Å². The SMILES string of the molecule is C[C@H](NCc1ccccn1)c1ccc(Cl)cc1Cl. The Balaban J connectivity index is 2.01. The molecule has 1 heterocycles. The molecule has 2 aromatic rings. The molecule has 0 amide bonds. The van der Waals surface area contributed by atoms with Crippen molar-refractivity contribution in [3.63, 3.8) is 0 Å². The first-order valence-corrected chi connectivity index (χ1v) is 6.50. The number of halogens is 2. The molecule has 0 bridgehead atoms. The number of nitrogens with one attached hydrogen (secondary N) is 1. The molecule has 1 N–H and O–H groups in total. The summed E-state index contributed by atoms with van der Waals surface area (Å²) < 4.78 is 0. The fraction of sp³-hybridized carbons (Fsp3) is 0.214. The predicted molar refractivity (Wildman–Crippen MR) is 76.0 cm³/mol. The summed E-state index contributed by atoms with van der Waals surface area (Å²) in [6, 6.07) is 11.6. The second-order valence-electron chi connectivity index (χ2n) is 4.09. The summed E-state index contributed by atoms with van der Waals surface area (Å²) in [7, 11) is 0. The van der Waals surface area contributed by atoms with Crippen molar-refractivity contribution in [1.82, 2.24) is 10.3 Å². The topological polar surface area (TPSA) is 24.9 Å². The van der Waals surface area contributed by atoms with Crippen LogP contribution >= 0.6 is 23.2 Å². The maximum atomic E-state index is 6.17. The van der Waals surface area contributed by atoms with Crippen LogP contribution in [-0.4, -0.2) is 4.98 Å². The van der Waals surface area contributed by atoms with Gasteiger partial charge in [-0.15, -0.1) is 0 Å². The van der Waals surface area contributed by atoms with Crippen molar-refractivity contribution in [2.45, 2.75) is 19.5 Å². The van der Waals surface area contributed by atoms with Gasteiger partial charge in [0.15, 0.2) is 0 Å². The zero-order chi connectivity index (χ0) is 13.0. The third-order valence-corrected chi connectivity index (χ3v) is 3.31. The van der Waals surface area contributed by atoms with Crippen LogP contribution in [0.15, 0.2) is 42.6 Å².